The quantitative estimate of drug-likeness (QED) is 0.829. The Bertz CT molecular complexity index is 394. The van der Waals surface area contributed by atoms with Gasteiger partial charge in [0, 0.05) is 18.2 Å². The van der Waals surface area contributed by atoms with Crippen LogP contribution in [0.5, 0.6) is 0 Å². The molecule has 1 aromatic carbocycles. The van der Waals surface area contributed by atoms with E-state index in [0.29, 0.717) is 6.04 Å². The third-order valence-electron chi connectivity index (χ3n) is 2.62. The van der Waals surface area contributed by atoms with Gasteiger partial charge in [-0.1, -0.05) is 30.3 Å². The van der Waals surface area contributed by atoms with Crippen LogP contribution < -0.4 is 5.32 Å². The Balaban J connectivity index is 1.78. The van der Waals surface area contributed by atoms with Crippen LogP contribution in [0.25, 0.3) is 0 Å². The summed E-state index contributed by atoms with van der Waals surface area (Å²) in [6.45, 7) is 3.07. The molecular formula is C14H17NO. The Hall–Kier alpha value is -1.54. The average molecular weight is 215 g/mol. The lowest BCUT2D eigenvalue weighted by Crippen LogP contribution is -2.27. The van der Waals surface area contributed by atoms with Crippen molar-refractivity contribution in [2.75, 3.05) is 0 Å². The van der Waals surface area contributed by atoms with Crippen LogP contribution >= 0.6 is 0 Å². The van der Waals surface area contributed by atoms with Crippen molar-refractivity contribution in [3.63, 3.8) is 0 Å². The van der Waals surface area contributed by atoms with E-state index in [1.54, 1.807) is 12.5 Å². The van der Waals surface area contributed by atoms with Crippen LogP contribution in [-0.4, -0.2) is 6.04 Å². The summed E-state index contributed by atoms with van der Waals surface area (Å²) in [4.78, 5) is 0. The summed E-state index contributed by atoms with van der Waals surface area (Å²) in [6.07, 6.45) is 4.54. The molecule has 84 valence electrons. The van der Waals surface area contributed by atoms with E-state index in [4.69, 9.17) is 4.42 Å². The second-order valence-corrected chi connectivity index (χ2v) is 4.10. The fourth-order valence-electron chi connectivity index (χ4n) is 1.73. The van der Waals surface area contributed by atoms with Gasteiger partial charge in [-0.3, -0.25) is 0 Å². The fourth-order valence-corrected chi connectivity index (χ4v) is 1.73. The zero-order valence-corrected chi connectivity index (χ0v) is 9.52. The van der Waals surface area contributed by atoms with Gasteiger partial charge in [0.2, 0.25) is 0 Å². The molecule has 0 aliphatic rings. The molecule has 0 aliphatic carbocycles. The molecule has 0 saturated heterocycles. The second kappa shape index (κ2) is 5.52. The third kappa shape index (κ3) is 3.24. The molecule has 0 fully saturated rings. The molecule has 0 spiro atoms. The van der Waals surface area contributed by atoms with Crippen molar-refractivity contribution >= 4 is 0 Å². The topological polar surface area (TPSA) is 25.2 Å². The van der Waals surface area contributed by atoms with Crippen molar-refractivity contribution in [1.29, 1.82) is 0 Å². The monoisotopic (exact) mass is 215 g/mol. The number of benzene rings is 1. The molecule has 2 rings (SSSR count). The largest absolute Gasteiger partial charge is 0.472 e. The minimum atomic E-state index is 0.470. The minimum Gasteiger partial charge on any atom is -0.472 e. The molecule has 2 heteroatoms. The SMILES string of the molecule is CC(Cc1ccccc1)NCc1ccoc1. The van der Waals surface area contributed by atoms with Gasteiger partial charge in [-0.15, -0.1) is 0 Å². The maximum atomic E-state index is 5.03. The lowest BCUT2D eigenvalue weighted by molar-refractivity contribution is 0.532. The highest BCUT2D eigenvalue weighted by Crippen LogP contribution is 2.04. The molecule has 0 saturated carbocycles. The van der Waals surface area contributed by atoms with Gasteiger partial charge in [-0.2, -0.15) is 0 Å². The standard InChI is InChI=1S/C14H17NO/c1-12(9-13-5-3-2-4-6-13)15-10-14-7-8-16-11-14/h2-8,11-12,15H,9-10H2,1H3. The Morgan fingerprint density at radius 1 is 1.12 bits per heavy atom. The van der Waals surface area contributed by atoms with Crippen molar-refractivity contribution in [3.05, 3.63) is 60.1 Å². The van der Waals surface area contributed by atoms with E-state index in [1.165, 1.54) is 11.1 Å². The number of nitrogens with one attached hydrogen (secondary N) is 1. The number of hydrogen-bond acceptors (Lipinski definition) is 2. The second-order valence-electron chi connectivity index (χ2n) is 4.10. The summed E-state index contributed by atoms with van der Waals surface area (Å²) < 4.78 is 5.03. The maximum Gasteiger partial charge on any atom is 0.0947 e. The first kappa shape index (κ1) is 11.0. The Morgan fingerprint density at radius 3 is 2.62 bits per heavy atom. The fraction of sp³-hybridized carbons (Fsp3) is 0.286. The van der Waals surface area contributed by atoms with Crippen LogP contribution in [0.4, 0.5) is 0 Å². The van der Waals surface area contributed by atoms with Crippen molar-refractivity contribution < 1.29 is 4.42 Å². The van der Waals surface area contributed by atoms with Gasteiger partial charge >= 0.3 is 0 Å². The van der Waals surface area contributed by atoms with E-state index in [-0.39, 0.29) is 0 Å². The number of rotatable bonds is 5. The van der Waals surface area contributed by atoms with Crippen LogP contribution in [0.15, 0.2) is 53.3 Å². The van der Waals surface area contributed by atoms with Crippen LogP contribution in [-0.2, 0) is 13.0 Å². The predicted octanol–water partition coefficient (Wildman–Crippen LogP) is 3.00. The molecular weight excluding hydrogens is 198 g/mol. The Morgan fingerprint density at radius 2 is 1.94 bits per heavy atom. The number of furan rings is 1. The number of hydrogen-bond donors (Lipinski definition) is 1. The highest BCUT2D eigenvalue weighted by atomic mass is 16.3. The van der Waals surface area contributed by atoms with Gasteiger partial charge in [0.1, 0.15) is 0 Å². The Labute approximate surface area is 96.3 Å². The first-order chi connectivity index (χ1) is 7.84. The van der Waals surface area contributed by atoms with E-state index < -0.39 is 0 Å². The molecule has 0 amide bonds. The highest BCUT2D eigenvalue weighted by Gasteiger charge is 2.03. The van der Waals surface area contributed by atoms with Gasteiger partial charge in [-0.25, -0.2) is 0 Å². The normalized spacial score (nSPS) is 12.6. The van der Waals surface area contributed by atoms with E-state index in [2.05, 4.69) is 36.5 Å². The minimum absolute atomic E-state index is 0.470. The van der Waals surface area contributed by atoms with Crippen LogP contribution in [0.1, 0.15) is 18.1 Å². The van der Waals surface area contributed by atoms with Crippen molar-refractivity contribution in [2.24, 2.45) is 0 Å². The molecule has 1 aromatic heterocycles. The molecule has 0 aliphatic heterocycles. The molecule has 1 heterocycles. The summed E-state index contributed by atoms with van der Waals surface area (Å²) in [5.74, 6) is 0. The first-order valence-electron chi connectivity index (χ1n) is 5.63. The summed E-state index contributed by atoms with van der Waals surface area (Å²) in [6, 6.07) is 13.0. The smallest absolute Gasteiger partial charge is 0.0947 e. The summed E-state index contributed by atoms with van der Waals surface area (Å²) >= 11 is 0. The third-order valence-corrected chi connectivity index (χ3v) is 2.62. The highest BCUT2D eigenvalue weighted by molar-refractivity contribution is 5.15. The summed E-state index contributed by atoms with van der Waals surface area (Å²) in [7, 11) is 0. The molecule has 2 aromatic rings. The molecule has 1 unspecified atom stereocenters. The summed E-state index contributed by atoms with van der Waals surface area (Å²) in [5, 5.41) is 3.47. The van der Waals surface area contributed by atoms with E-state index in [0.717, 1.165) is 13.0 Å². The van der Waals surface area contributed by atoms with Crippen molar-refractivity contribution in [1.82, 2.24) is 5.32 Å². The maximum absolute atomic E-state index is 5.03. The van der Waals surface area contributed by atoms with Gasteiger partial charge < -0.3 is 9.73 Å². The van der Waals surface area contributed by atoms with Gasteiger partial charge in [-0.05, 0) is 25.0 Å². The first-order valence-corrected chi connectivity index (χ1v) is 5.63. The summed E-state index contributed by atoms with van der Waals surface area (Å²) in [5.41, 5.74) is 2.56. The molecule has 0 bridgehead atoms. The predicted molar refractivity (Wildman–Crippen MR) is 65.2 cm³/mol. The molecule has 1 atom stereocenters. The zero-order valence-electron chi connectivity index (χ0n) is 9.52. The van der Waals surface area contributed by atoms with Crippen LogP contribution in [0, 0.1) is 0 Å². The van der Waals surface area contributed by atoms with Crippen LogP contribution in [0.2, 0.25) is 0 Å². The van der Waals surface area contributed by atoms with Gasteiger partial charge in [0.25, 0.3) is 0 Å². The molecule has 2 nitrogen and oxygen atoms in total. The van der Waals surface area contributed by atoms with E-state index in [9.17, 15) is 0 Å². The molecule has 0 radical (unpaired) electrons. The lowest BCUT2D eigenvalue weighted by Gasteiger charge is -2.12. The van der Waals surface area contributed by atoms with E-state index in [1.807, 2.05) is 12.1 Å². The van der Waals surface area contributed by atoms with E-state index >= 15 is 0 Å². The van der Waals surface area contributed by atoms with Crippen LogP contribution in [0.3, 0.4) is 0 Å². The van der Waals surface area contributed by atoms with Crippen molar-refractivity contribution in [3.8, 4) is 0 Å². The van der Waals surface area contributed by atoms with Gasteiger partial charge in [0.05, 0.1) is 12.5 Å². The van der Waals surface area contributed by atoms with Gasteiger partial charge in [0.15, 0.2) is 0 Å². The average Bonchev–Trinajstić information content (AvgIpc) is 2.81. The molecule has 1 N–H and O–H groups in total. The van der Waals surface area contributed by atoms with Crippen molar-refractivity contribution in [2.45, 2.75) is 25.9 Å². The Kier molecular flexibility index (Phi) is 3.78. The lowest BCUT2D eigenvalue weighted by atomic mass is 10.1. The molecule has 16 heavy (non-hydrogen) atoms. The zero-order chi connectivity index (χ0) is 11.2.